The summed E-state index contributed by atoms with van der Waals surface area (Å²) in [7, 11) is 4.53. The molecule has 0 aliphatic heterocycles. The van der Waals surface area contributed by atoms with Crippen molar-refractivity contribution in [2.45, 2.75) is 115 Å². The van der Waals surface area contributed by atoms with Crippen molar-refractivity contribution in [1.82, 2.24) is 0 Å². The molecule has 4 aliphatic carbocycles. The van der Waals surface area contributed by atoms with Crippen LogP contribution in [-0.4, -0.2) is 26.2 Å². The van der Waals surface area contributed by atoms with E-state index in [1.165, 1.54) is 95.7 Å². The van der Waals surface area contributed by atoms with Crippen molar-refractivity contribution in [3.8, 4) is 0 Å². The standard InChI is InChI=1S/C52H63O2Si3.2ClH.Zr/c1-51(2,3)56(41-25-11-7-12-26-41,42-27-13-8-14-28-42)53-49-35-39-23-19-21-33-45(39)47(49)37-55-38-48-46-34-22-20-24-40(46)36-50(48)54-57(52(4,5)6,43-29-15-9-16-30-43)44-31-17-10-18-32-44;;;/h7-18,25-32,35-36,47-48,55H,19-24,33-34,37-38H2,1-6H3;2*1H;/q;;;+2/p-2. The number of benzene rings is 4. The van der Waals surface area contributed by atoms with E-state index in [1.807, 2.05) is 0 Å². The zero-order chi connectivity index (χ0) is 42.4. The Bertz CT molecular complexity index is 1940. The van der Waals surface area contributed by atoms with E-state index >= 15 is 0 Å². The fourth-order valence-electron chi connectivity index (χ4n) is 10.7. The molecule has 8 heteroatoms. The summed E-state index contributed by atoms with van der Waals surface area (Å²) >= 11 is -0.826. The molecule has 2 atom stereocenters. The second-order valence-corrected chi connectivity index (χ2v) is 32.8. The van der Waals surface area contributed by atoms with Crippen molar-refractivity contribution in [3.05, 3.63) is 167 Å². The molecule has 60 heavy (non-hydrogen) atoms. The molecule has 8 rings (SSSR count). The first-order valence-corrected chi connectivity index (χ1v) is 34.0. The van der Waals surface area contributed by atoms with E-state index in [1.54, 1.807) is 22.3 Å². The third-order valence-corrected chi connectivity index (χ3v) is 25.0. The molecule has 2 nitrogen and oxygen atoms in total. The predicted molar refractivity (Wildman–Crippen MR) is 260 cm³/mol. The van der Waals surface area contributed by atoms with Gasteiger partial charge in [-0.15, -0.1) is 0 Å². The molecule has 4 aliphatic rings. The first kappa shape index (κ1) is 45.6. The molecule has 4 aromatic carbocycles. The van der Waals surface area contributed by atoms with E-state index in [0.717, 1.165) is 0 Å². The van der Waals surface area contributed by atoms with Gasteiger partial charge in [0, 0.05) is 21.4 Å². The average molecular weight is 966 g/mol. The van der Waals surface area contributed by atoms with Crippen LogP contribution in [0.4, 0.5) is 0 Å². The van der Waals surface area contributed by atoms with E-state index in [4.69, 9.17) is 25.9 Å². The monoisotopic (exact) mass is 963 g/mol. The summed E-state index contributed by atoms with van der Waals surface area (Å²) in [5.74, 6) is 3.27. The van der Waals surface area contributed by atoms with E-state index in [9.17, 15) is 0 Å². The maximum atomic E-state index is 7.90. The van der Waals surface area contributed by atoms with Crippen LogP contribution in [0.1, 0.15) is 92.9 Å². The number of hydrogen-bond acceptors (Lipinski definition) is 2. The molecule has 0 amide bonds. The van der Waals surface area contributed by atoms with Crippen molar-refractivity contribution in [2.75, 3.05) is 0 Å². The Morgan fingerprint density at radius 3 is 1.07 bits per heavy atom. The Kier molecular flexibility index (Phi) is 15.1. The molecule has 0 saturated carbocycles. The molecule has 1 radical (unpaired) electrons. The summed E-state index contributed by atoms with van der Waals surface area (Å²) < 4.78 is 15.8. The van der Waals surface area contributed by atoms with E-state index in [0.29, 0.717) is 11.8 Å². The summed E-state index contributed by atoms with van der Waals surface area (Å²) in [4.78, 5) is 0. The summed E-state index contributed by atoms with van der Waals surface area (Å²) in [5, 5.41) is 5.31. The van der Waals surface area contributed by atoms with Crippen LogP contribution in [0.5, 0.6) is 0 Å². The Morgan fingerprint density at radius 1 is 0.500 bits per heavy atom. The number of allylic oxidation sites excluding steroid dienone is 6. The van der Waals surface area contributed by atoms with Gasteiger partial charge in [0.1, 0.15) is 0 Å². The quantitative estimate of drug-likeness (QED) is 0.132. The minimum atomic E-state index is -2.75. The molecule has 0 heterocycles. The van der Waals surface area contributed by atoms with Gasteiger partial charge in [-0.05, 0) is 118 Å². The zero-order valence-electron chi connectivity index (χ0n) is 36.6. The Hall–Kier alpha value is -2.45. The molecule has 0 bridgehead atoms. The fraction of sp³-hybridized carbons (Fsp3) is 0.385. The third-order valence-electron chi connectivity index (χ3n) is 13.5. The van der Waals surface area contributed by atoms with Crippen LogP contribution in [0, 0.1) is 11.8 Å². The molecule has 0 N–H and O–H groups in total. The van der Waals surface area contributed by atoms with Gasteiger partial charge in [-0.2, -0.15) is 0 Å². The second kappa shape index (κ2) is 19.9. The zero-order valence-corrected chi connectivity index (χ0v) is 43.7. The van der Waals surface area contributed by atoms with Gasteiger partial charge in [0.25, 0.3) is 0 Å². The molecule has 4 aromatic rings. The Balaban J connectivity index is 0.00000176. The van der Waals surface area contributed by atoms with Crippen molar-refractivity contribution < 1.29 is 29.7 Å². The second-order valence-electron chi connectivity index (χ2n) is 19.1. The first-order valence-electron chi connectivity index (χ1n) is 22.2. The van der Waals surface area contributed by atoms with Crippen molar-refractivity contribution in [2.24, 2.45) is 11.8 Å². The van der Waals surface area contributed by atoms with Crippen LogP contribution < -0.4 is 20.7 Å². The Morgan fingerprint density at radius 2 is 0.783 bits per heavy atom. The van der Waals surface area contributed by atoms with E-state index < -0.39 is 37.5 Å². The van der Waals surface area contributed by atoms with Gasteiger partial charge >= 0.3 is 54.5 Å². The number of rotatable bonds is 12. The van der Waals surface area contributed by atoms with Crippen molar-refractivity contribution in [1.29, 1.82) is 0 Å². The van der Waals surface area contributed by atoms with Gasteiger partial charge in [-0.3, -0.25) is 0 Å². The van der Waals surface area contributed by atoms with Crippen molar-refractivity contribution in [3.63, 3.8) is 0 Å². The van der Waals surface area contributed by atoms with Crippen LogP contribution in [0.15, 0.2) is 167 Å². The molecular formula is C52H63Cl2O2Si3Zr. The SMILES string of the molecule is CC(C)(C)[Si](OC1=CC2=C(CCCC2)C1C[SiH]CC1C(O[Si](c2ccccc2)(c2ccccc2)C(C)(C)C)=CC2=C1CCCC2)(c1ccccc1)c1ccccc1.[Cl][Zr][Cl]. The molecule has 0 fully saturated rings. The van der Waals surface area contributed by atoms with Crippen LogP contribution in [0.3, 0.4) is 0 Å². The van der Waals surface area contributed by atoms with Gasteiger partial charge < -0.3 is 8.85 Å². The molecule has 0 saturated heterocycles. The van der Waals surface area contributed by atoms with Gasteiger partial charge in [-0.1, -0.05) is 174 Å². The Labute approximate surface area is 384 Å². The maximum absolute atomic E-state index is 7.90. The molecule has 0 spiro atoms. The molecule has 2 unspecified atom stereocenters. The van der Waals surface area contributed by atoms with E-state index in [-0.39, 0.29) is 19.6 Å². The molecular weight excluding hydrogens is 903 g/mol. The van der Waals surface area contributed by atoms with Crippen LogP contribution in [-0.2, 0) is 29.7 Å². The van der Waals surface area contributed by atoms with Gasteiger partial charge in [0.2, 0.25) is 0 Å². The number of hydrogen-bond donors (Lipinski definition) is 0. The predicted octanol–water partition coefficient (Wildman–Crippen LogP) is 12.6. The number of halogens is 2. The fourth-order valence-corrected chi connectivity index (χ4v) is 21.6. The topological polar surface area (TPSA) is 18.5 Å². The summed E-state index contributed by atoms with van der Waals surface area (Å²) in [5.41, 5.74) is 6.52. The van der Waals surface area contributed by atoms with Gasteiger partial charge in [-0.25, -0.2) is 0 Å². The molecule has 0 aromatic heterocycles. The van der Waals surface area contributed by atoms with Gasteiger partial charge in [0.05, 0.1) is 11.5 Å². The summed E-state index contributed by atoms with van der Waals surface area (Å²) in [6, 6.07) is 47.3. The summed E-state index contributed by atoms with van der Waals surface area (Å²) in [6.07, 6.45) is 15.0. The van der Waals surface area contributed by atoms with Crippen LogP contribution in [0.25, 0.3) is 0 Å². The summed E-state index contributed by atoms with van der Waals surface area (Å²) in [6.45, 7) is 14.5. The van der Waals surface area contributed by atoms with Crippen LogP contribution >= 0.6 is 17.0 Å². The first-order chi connectivity index (χ1) is 28.9. The minimum absolute atomic E-state index is 0.0667. The van der Waals surface area contributed by atoms with E-state index in [2.05, 4.69) is 175 Å². The third kappa shape index (κ3) is 9.27. The van der Waals surface area contributed by atoms with Gasteiger partial charge in [0.15, 0.2) is 0 Å². The average Bonchev–Trinajstić information content (AvgIpc) is 3.79. The molecule has 313 valence electrons. The van der Waals surface area contributed by atoms with Crippen molar-refractivity contribution >= 4 is 63.9 Å². The normalized spacial score (nSPS) is 19.4. The van der Waals surface area contributed by atoms with Crippen LogP contribution in [0.2, 0.25) is 22.2 Å².